The minimum Gasteiger partial charge on any atom is -0.480 e. The predicted molar refractivity (Wildman–Crippen MR) is 62.6 cm³/mol. The van der Waals surface area contributed by atoms with Gasteiger partial charge < -0.3 is 10.0 Å². The highest BCUT2D eigenvalue weighted by Crippen LogP contribution is 2.36. The van der Waals surface area contributed by atoms with Crippen LogP contribution in [-0.2, 0) is 9.59 Å². The van der Waals surface area contributed by atoms with Crippen LogP contribution in [-0.4, -0.2) is 58.5 Å². The van der Waals surface area contributed by atoms with Crippen molar-refractivity contribution in [3.8, 4) is 0 Å². The van der Waals surface area contributed by atoms with Gasteiger partial charge in [-0.2, -0.15) is 0 Å². The zero-order valence-corrected chi connectivity index (χ0v) is 10.5. The molecule has 5 nitrogen and oxygen atoms in total. The highest BCUT2D eigenvalue weighted by Gasteiger charge is 2.51. The first-order chi connectivity index (χ1) is 8.03. The summed E-state index contributed by atoms with van der Waals surface area (Å²) in [5.41, 5.74) is -0.814. The minimum absolute atomic E-state index is 0.0750. The van der Waals surface area contributed by atoms with Gasteiger partial charge in [0, 0.05) is 20.1 Å². The maximum atomic E-state index is 12.0. The van der Waals surface area contributed by atoms with E-state index in [0.717, 1.165) is 25.9 Å². The summed E-state index contributed by atoms with van der Waals surface area (Å²) in [5, 5.41) is 9.48. The van der Waals surface area contributed by atoms with Crippen LogP contribution in [0.25, 0.3) is 0 Å². The lowest BCUT2D eigenvalue weighted by atomic mass is 9.91. The van der Waals surface area contributed by atoms with Crippen LogP contribution in [0, 0.1) is 0 Å². The molecule has 1 N–H and O–H groups in total. The normalized spacial score (nSPS) is 34.6. The van der Waals surface area contributed by atoms with E-state index in [1.807, 2.05) is 11.8 Å². The number of carboxylic acids is 1. The van der Waals surface area contributed by atoms with Gasteiger partial charge in [-0.25, -0.2) is 0 Å². The molecule has 2 saturated heterocycles. The number of nitrogens with zero attached hydrogens (tertiary/aromatic N) is 2. The maximum Gasteiger partial charge on any atom is 0.324 e. The molecule has 2 rings (SSSR count). The maximum absolute atomic E-state index is 12.0. The first-order valence-corrected chi connectivity index (χ1v) is 6.28. The van der Waals surface area contributed by atoms with E-state index in [-0.39, 0.29) is 11.9 Å². The van der Waals surface area contributed by atoms with Gasteiger partial charge in [0.05, 0.1) is 6.04 Å². The highest BCUT2D eigenvalue weighted by molar-refractivity contribution is 5.86. The quantitative estimate of drug-likeness (QED) is 0.782. The zero-order valence-electron chi connectivity index (χ0n) is 10.5. The summed E-state index contributed by atoms with van der Waals surface area (Å²) in [7, 11) is 1.78. The van der Waals surface area contributed by atoms with Crippen molar-refractivity contribution >= 4 is 11.9 Å². The minimum atomic E-state index is -0.814. The molecule has 2 aliphatic heterocycles. The van der Waals surface area contributed by atoms with Crippen molar-refractivity contribution in [2.45, 2.75) is 44.2 Å². The molecule has 2 aliphatic rings. The second kappa shape index (κ2) is 4.29. The van der Waals surface area contributed by atoms with Gasteiger partial charge in [0.2, 0.25) is 5.91 Å². The largest absolute Gasteiger partial charge is 0.480 e. The lowest BCUT2D eigenvalue weighted by Gasteiger charge is -2.37. The van der Waals surface area contributed by atoms with Gasteiger partial charge in [0.15, 0.2) is 0 Å². The Labute approximate surface area is 101 Å². The predicted octanol–water partition coefficient (Wildman–Crippen LogP) is 0.546. The summed E-state index contributed by atoms with van der Waals surface area (Å²) in [5.74, 6) is -0.703. The molecule has 17 heavy (non-hydrogen) atoms. The number of hydrogen-bond acceptors (Lipinski definition) is 3. The van der Waals surface area contributed by atoms with E-state index in [1.165, 1.54) is 0 Å². The monoisotopic (exact) mass is 240 g/mol. The van der Waals surface area contributed by atoms with Crippen LogP contribution < -0.4 is 0 Å². The lowest BCUT2D eigenvalue weighted by molar-refractivity contribution is -0.153. The molecule has 1 amide bonds. The van der Waals surface area contributed by atoms with Gasteiger partial charge in [-0.05, 0) is 25.7 Å². The fraction of sp³-hybridized carbons (Fsp3) is 0.833. The van der Waals surface area contributed by atoms with Crippen molar-refractivity contribution in [3.05, 3.63) is 0 Å². The molecule has 2 unspecified atom stereocenters. The Kier molecular flexibility index (Phi) is 3.12. The summed E-state index contributed by atoms with van der Waals surface area (Å²) in [6.07, 6.45) is 2.85. The van der Waals surface area contributed by atoms with E-state index < -0.39 is 11.5 Å². The fourth-order valence-corrected chi connectivity index (χ4v) is 3.21. The van der Waals surface area contributed by atoms with Crippen LogP contribution in [0.2, 0.25) is 0 Å². The molecule has 96 valence electrons. The number of likely N-dealkylation sites (N-methyl/N-ethyl adjacent to an activating group) is 1. The Morgan fingerprint density at radius 1 is 1.53 bits per heavy atom. The summed E-state index contributed by atoms with van der Waals surface area (Å²) in [6.45, 7) is 3.36. The highest BCUT2D eigenvalue weighted by atomic mass is 16.4. The van der Waals surface area contributed by atoms with Gasteiger partial charge in [0.25, 0.3) is 0 Å². The van der Waals surface area contributed by atoms with Gasteiger partial charge in [-0.15, -0.1) is 0 Å². The number of rotatable bonds is 3. The Morgan fingerprint density at radius 3 is 2.71 bits per heavy atom. The average molecular weight is 240 g/mol. The van der Waals surface area contributed by atoms with E-state index in [2.05, 4.69) is 0 Å². The van der Waals surface area contributed by atoms with Crippen LogP contribution >= 0.6 is 0 Å². The van der Waals surface area contributed by atoms with Crippen molar-refractivity contribution in [2.75, 3.05) is 20.1 Å². The van der Waals surface area contributed by atoms with Crippen molar-refractivity contribution < 1.29 is 14.7 Å². The molecule has 5 heteroatoms. The van der Waals surface area contributed by atoms with E-state index in [0.29, 0.717) is 12.8 Å². The van der Waals surface area contributed by atoms with Crippen LogP contribution in [0.1, 0.15) is 32.6 Å². The molecule has 0 aromatic carbocycles. The van der Waals surface area contributed by atoms with Crippen molar-refractivity contribution in [1.29, 1.82) is 0 Å². The Hall–Kier alpha value is -1.10. The average Bonchev–Trinajstić information content (AvgIpc) is 2.85. The number of hydrogen-bond donors (Lipinski definition) is 1. The molecule has 0 radical (unpaired) electrons. The summed E-state index contributed by atoms with van der Waals surface area (Å²) >= 11 is 0. The molecule has 0 aromatic rings. The van der Waals surface area contributed by atoms with Crippen LogP contribution in [0.4, 0.5) is 0 Å². The third-order valence-corrected chi connectivity index (χ3v) is 4.30. The SMILES string of the molecule is CCC1(C(=O)O)CCCN1C1CCN(C)C1=O. The third kappa shape index (κ3) is 1.73. The second-order valence-electron chi connectivity index (χ2n) is 5.05. The number of aliphatic carboxylic acids is 1. The number of amides is 1. The Balaban J connectivity index is 2.25. The topological polar surface area (TPSA) is 60.9 Å². The number of likely N-dealkylation sites (tertiary alicyclic amines) is 2. The zero-order chi connectivity index (χ0) is 12.6. The molecule has 2 heterocycles. The fourth-order valence-electron chi connectivity index (χ4n) is 3.21. The molecule has 0 aliphatic carbocycles. The lowest BCUT2D eigenvalue weighted by Crippen LogP contribution is -2.56. The molecule has 0 bridgehead atoms. The van der Waals surface area contributed by atoms with Gasteiger partial charge in [0.1, 0.15) is 5.54 Å². The summed E-state index contributed by atoms with van der Waals surface area (Å²) in [6, 6.07) is -0.224. The van der Waals surface area contributed by atoms with Crippen molar-refractivity contribution in [3.63, 3.8) is 0 Å². The van der Waals surface area contributed by atoms with Crippen LogP contribution in [0.3, 0.4) is 0 Å². The molecule has 0 spiro atoms. The molecular formula is C12H20N2O3. The third-order valence-electron chi connectivity index (χ3n) is 4.30. The van der Waals surface area contributed by atoms with Crippen LogP contribution in [0.5, 0.6) is 0 Å². The van der Waals surface area contributed by atoms with Gasteiger partial charge in [-0.1, -0.05) is 6.92 Å². The standard InChI is InChI=1S/C12H20N2O3/c1-3-12(11(16)17)6-4-7-14(12)9-5-8-13(2)10(9)15/h9H,3-8H2,1-2H3,(H,16,17). The summed E-state index contributed by atoms with van der Waals surface area (Å²) in [4.78, 5) is 27.2. The van der Waals surface area contributed by atoms with Crippen molar-refractivity contribution in [2.24, 2.45) is 0 Å². The number of carbonyl (C=O) groups excluding carboxylic acids is 1. The summed E-state index contributed by atoms with van der Waals surface area (Å²) < 4.78 is 0. The molecule has 2 fully saturated rings. The molecule has 2 atom stereocenters. The molecular weight excluding hydrogens is 220 g/mol. The Bertz CT molecular complexity index is 345. The molecule has 0 saturated carbocycles. The second-order valence-corrected chi connectivity index (χ2v) is 5.05. The van der Waals surface area contributed by atoms with Gasteiger partial charge >= 0.3 is 5.97 Å². The van der Waals surface area contributed by atoms with Crippen LogP contribution in [0.15, 0.2) is 0 Å². The number of carbonyl (C=O) groups is 2. The first kappa shape index (κ1) is 12.4. The smallest absolute Gasteiger partial charge is 0.324 e. The first-order valence-electron chi connectivity index (χ1n) is 6.28. The number of carboxylic acid groups (broad SMARTS) is 1. The van der Waals surface area contributed by atoms with E-state index >= 15 is 0 Å². The Morgan fingerprint density at radius 2 is 2.24 bits per heavy atom. The van der Waals surface area contributed by atoms with E-state index in [9.17, 15) is 14.7 Å². The van der Waals surface area contributed by atoms with Gasteiger partial charge in [-0.3, -0.25) is 14.5 Å². The van der Waals surface area contributed by atoms with E-state index in [1.54, 1.807) is 11.9 Å². The molecule has 0 aromatic heterocycles. The van der Waals surface area contributed by atoms with Crippen molar-refractivity contribution in [1.82, 2.24) is 9.80 Å². The van der Waals surface area contributed by atoms with E-state index in [4.69, 9.17) is 0 Å².